The highest BCUT2D eigenvalue weighted by Gasteiger charge is 2.22. The minimum atomic E-state index is -1.03. The van der Waals surface area contributed by atoms with Gasteiger partial charge >= 0.3 is 5.97 Å². The first kappa shape index (κ1) is 20.8. The van der Waals surface area contributed by atoms with Crippen LogP contribution in [0.4, 0.5) is 0 Å². The molecule has 2 heterocycles. The molecule has 0 saturated carbocycles. The van der Waals surface area contributed by atoms with Crippen molar-refractivity contribution in [1.82, 2.24) is 4.98 Å². The van der Waals surface area contributed by atoms with Crippen molar-refractivity contribution >= 4 is 27.8 Å². The zero-order valence-electron chi connectivity index (χ0n) is 18.5. The molecule has 5 rings (SSSR count). The molecule has 0 spiro atoms. The van der Waals surface area contributed by atoms with Crippen molar-refractivity contribution in [3.63, 3.8) is 0 Å². The molecule has 0 radical (unpaired) electrons. The van der Waals surface area contributed by atoms with E-state index in [0.29, 0.717) is 41.1 Å². The monoisotopic (exact) mass is 437 g/mol. The van der Waals surface area contributed by atoms with E-state index in [1.807, 2.05) is 80.6 Å². The molecule has 0 fully saturated rings. The lowest BCUT2D eigenvalue weighted by Crippen LogP contribution is -2.05. The Labute approximate surface area is 191 Å². The Kier molecular flexibility index (Phi) is 5.31. The van der Waals surface area contributed by atoms with Crippen LogP contribution in [0, 0.1) is 6.92 Å². The van der Waals surface area contributed by atoms with Gasteiger partial charge in [-0.3, -0.25) is 0 Å². The zero-order chi connectivity index (χ0) is 22.9. The maximum absolute atomic E-state index is 12.4. The Morgan fingerprint density at radius 1 is 1.03 bits per heavy atom. The smallest absolute Gasteiger partial charge is 0.336 e. The second-order valence-electron chi connectivity index (χ2n) is 7.99. The Morgan fingerprint density at radius 2 is 1.79 bits per heavy atom. The molecule has 0 aliphatic heterocycles. The molecular formula is C28H23NO4. The summed E-state index contributed by atoms with van der Waals surface area (Å²) in [4.78, 5) is 17.3. The topological polar surface area (TPSA) is 72.6 Å². The summed E-state index contributed by atoms with van der Waals surface area (Å²) in [6.07, 6.45) is 0.712. The molecule has 0 amide bonds. The number of hydrogen-bond donors (Lipinski definition) is 1. The second-order valence-corrected chi connectivity index (χ2v) is 7.99. The van der Waals surface area contributed by atoms with Crippen LogP contribution in [0.2, 0.25) is 0 Å². The van der Waals surface area contributed by atoms with Crippen molar-refractivity contribution < 1.29 is 19.1 Å². The number of ether oxygens (including phenoxy) is 1. The predicted octanol–water partition coefficient (Wildman–Crippen LogP) is 6.80. The van der Waals surface area contributed by atoms with Crippen LogP contribution in [0.15, 0.2) is 77.2 Å². The zero-order valence-corrected chi connectivity index (χ0v) is 18.5. The minimum Gasteiger partial charge on any atom is -0.488 e. The highest BCUT2D eigenvalue weighted by molar-refractivity contribution is 6.07. The van der Waals surface area contributed by atoms with Crippen molar-refractivity contribution in [3.8, 4) is 17.2 Å². The predicted molar refractivity (Wildman–Crippen MR) is 129 cm³/mol. The van der Waals surface area contributed by atoms with E-state index in [4.69, 9.17) is 14.1 Å². The SMILES string of the molecule is CCc1ccc(OCc2ccccc2)c2c(C(=O)O)cc(-c3oc4ccccc4c3C)nc12. The third-order valence-corrected chi connectivity index (χ3v) is 5.93. The van der Waals surface area contributed by atoms with Crippen LogP contribution in [-0.4, -0.2) is 16.1 Å². The Bertz CT molecular complexity index is 1480. The Hall–Kier alpha value is -4.12. The maximum atomic E-state index is 12.4. The number of aromatic carboxylic acids is 1. The number of furan rings is 1. The van der Waals surface area contributed by atoms with E-state index in [9.17, 15) is 9.90 Å². The highest BCUT2D eigenvalue weighted by atomic mass is 16.5. The van der Waals surface area contributed by atoms with Crippen LogP contribution in [-0.2, 0) is 13.0 Å². The molecule has 33 heavy (non-hydrogen) atoms. The fourth-order valence-electron chi connectivity index (χ4n) is 4.21. The van der Waals surface area contributed by atoms with Crippen molar-refractivity contribution in [2.45, 2.75) is 26.9 Å². The van der Waals surface area contributed by atoms with Crippen LogP contribution in [0.1, 0.15) is 34.0 Å². The Balaban J connectivity index is 1.70. The molecule has 2 aromatic heterocycles. The molecule has 0 aliphatic rings. The summed E-state index contributed by atoms with van der Waals surface area (Å²) in [5.41, 5.74) is 4.91. The van der Waals surface area contributed by atoms with E-state index in [1.165, 1.54) is 0 Å². The number of rotatable bonds is 6. The van der Waals surface area contributed by atoms with Crippen LogP contribution >= 0.6 is 0 Å². The maximum Gasteiger partial charge on any atom is 0.336 e. The van der Waals surface area contributed by atoms with Gasteiger partial charge in [0.25, 0.3) is 0 Å². The average Bonchev–Trinajstić information content (AvgIpc) is 3.19. The number of nitrogens with zero attached hydrogens (tertiary/aromatic N) is 1. The number of carbonyl (C=O) groups is 1. The summed E-state index contributed by atoms with van der Waals surface area (Å²) in [7, 11) is 0. The number of aromatic nitrogens is 1. The van der Waals surface area contributed by atoms with Crippen molar-refractivity contribution in [3.05, 3.63) is 95.1 Å². The molecule has 5 heteroatoms. The number of hydrogen-bond acceptors (Lipinski definition) is 4. The first-order chi connectivity index (χ1) is 16.1. The lowest BCUT2D eigenvalue weighted by molar-refractivity contribution is 0.0698. The van der Waals surface area contributed by atoms with Crippen LogP contribution in [0.25, 0.3) is 33.3 Å². The highest BCUT2D eigenvalue weighted by Crippen LogP contribution is 2.37. The van der Waals surface area contributed by atoms with E-state index in [-0.39, 0.29) is 5.56 Å². The standard InChI is InChI=1S/C28H23NO4/c1-3-19-13-14-24(32-16-18-9-5-4-6-10-18)25-21(28(30)31)15-22(29-26(19)25)27-17(2)20-11-7-8-12-23(20)33-27/h4-15H,3,16H2,1-2H3,(H,30,31). The third kappa shape index (κ3) is 3.72. The Morgan fingerprint density at radius 3 is 2.52 bits per heavy atom. The van der Waals surface area contributed by atoms with Gasteiger partial charge in [0.15, 0.2) is 5.76 Å². The van der Waals surface area contributed by atoms with Gasteiger partial charge in [0.1, 0.15) is 23.6 Å². The van der Waals surface area contributed by atoms with E-state index in [2.05, 4.69) is 0 Å². The largest absolute Gasteiger partial charge is 0.488 e. The summed E-state index contributed by atoms with van der Waals surface area (Å²) < 4.78 is 12.2. The van der Waals surface area contributed by atoms with Gasteiger partial charge in [0.2, 0.25) is 0 Å². The first-order valence-electron chi connectivity index (χ1n) is 10.9. The van der Waals surface area contributed by atoms with Crippen molar-refractivity contribution in [1.29, 1.82) is 0 Å². The number of carboxylic acid groups (broad SMARTS) is 1. The number of fused-ring (bicyclic) bond motifs is 2. The van der Waals surface area contributed by atoms with E-state index < -0.39 is 5.97 Å². The average molecular weight is 437 g/mol. The molecule has 0 aliphatic carbocycles. The molecule has 5 aromatic rings. The van der Waals surface area contributed by atoms with Crippen molar-refractivity contribution in [2.24, 2.45) is 0 Å². The summed E-state index contributed by atoms with van der Waals surface area (Å²) in [6, 6.07) is 22.9. The first-order valence-corrected chi connectivity index (χ1v) is 10.9. The quantitative estimate of drug-likeness (QED) is 0.316. The summed E-state index contributed by atoms with van der Waals surface area (Å²) in [5, 5.41) is 11.6. The molecule has 0 saturated heterocycles. The molecule has 0 atom stereocenters. The van der Waals surface area contributed by atoms with E-state index in [0.717, 1.165) is 27.7 Å². The number of carboxylic acids is 1. The van der Waals surface area contributed by atoms with Crippen LogP contribution < -0.4 is 4.74 Å². The summed E-state index contributed by atoms with van der Waals surface area (Å²) >= 11 is 0. The fraction of sp³-hybridized carbons (Fsp3) is 0.143. The van der Waals surface area contributed by atoms with Gasteiger partial charge in [-0.1, -0.05) is 61.5 Å². The summed E-state index contributed by atoms with van der Waals surface area (Å²) in [6.45, 7) is 4.33. The van der Waals surface area contributed by atoms with E-state index in [1.54, 1.807) is 6.07 Å². The number of para-hydroxylation sites is 1. The van der Waals surface area contributed by atoms with Crippen LogP contribution in [0.5, 0.6) is 5.75 Å². The van der Waals surface area contributed by atoms with Gasteiger partial charge in [-0.2, -0.15) is 0 Å². The number of pyridine rings is 1. The molecule has 164 valence electrons. The number of aryl methyl sites for hydroxylation is 2. The van der Waals surface area contributed by atoms with Gasteiger partial charge in [-0.05, 0) is 42.7 Å². The number of benzene rings is 3. The lowest BCUT2D eigenvalue weighted by Gasteiger charge is -2.15. The normalized spacial score (nSPS) is 11.2. The van der Waals surface area contributed by atoms with Crippen LogP contribution in [0.3, 0.4) is 0 Å². The van der Waals surface area contributed by atoms with Crippen molar-refractivity contribution in [2.75, 3.05) is 0 Å². The third-order valence-electron chi connectivity index (χ3n) is 5.93. The molecule has 5 nitrogen and oxygen atoms in total. The molecule has 3 aromatic carbocycles. The van der Waals surface area contributed by atoms with Gasteiger partial charge < -0.3 is 14.3 Å². The molecule has 0 bridgehead atoms. The molecule has 1 N–H and O–H groups in total. The van der Waals surface area contributed by atoms with E-state index >= 15 is 0 Å². The fourth-order valence-corrected chi connectivity index (χ4v) is 4.21. The molecule has 0 unspecified atom stereocenters. The van der Waals surface area contributed by atoms with Gasteiger partial charge in [0, 0.05) is 10.9 Å². The van der Waals surface area contributed by atoms with Gasteiger partial charge in [-0.25, -0.2) is 9.78 Å². The van der Waals surface area contributed by atoms with Gasteiger partial charge in [-0.15, -0.1) is 0 Å². The minimum absolute atomic E-state index is 0.146. The molecular weight excluding hydrogens is 414 g/mol. The second kappa shape index (κ2) is 8.43. The summed E-state index contributed by atoms with van der Waals surface area (Å²) in [5.74, 6) is 0.0531. The van der Waals surface area contributed by atoms with Gasteiger partial charge in [0.05, 0.1) is 16.5 Å². The lowest BCUT2D eigenvalue weighted by atomic mass is 10.00.